The SMILES string of the molecule is Nc1ncn(C2CCc3ccccc3NC2=O)n1. The van der Waals surface area contributed by atoms with Gasteiger partial charge >= 0.3 is 0 Å². The van der Waals surface area contributed by atoms with Crippen LogP contribution in [0.1, 0.15) is 18.0 Å². The minimum absolute atomic E-state index is 0.0788. The van der Waals surface area contributed by atoms with E-state index in [2.05, 4.69) is 15.4 Å². The van der Waals surface area contributed by atoms with Crippen molar-refractivity contribution in [2.75, 3.05) is 11.1 Å². The van der Waals surface area contributed by atoms with E-state index in [0.717, 1.165) is 17.7 Å². The fourth-order valence-electron chi connectivity index (χ4n) is 2.19. The molecule has 0 saturated carbocycles. The van der Waals surface area contributed by atoms with Crippen molar-refractivity contribution in [1.82, 2.24) is 14.8 Å². The smallest absolute Gasteiger partial charge is 0.249 e. The minimum atomic E-state index is -0.359. The predicted octanol–water partition coefficient (Wildman–Crippen LogP) is 0.986. The summed E-state index contributed by atoms with van der Waals surface area (Å²) in [4.78, 5) is 16.0. The third kappa shape index (κ3) is 1.81. The Morgan fingerprint density at radius 3 is 3.00 bits per heavy atom. The maximum Gasteiger partial charge on any atom is 0.249 e. The third-order valence-electron chi connectivity index (χ3n) is 3.11. The Morgan fingerprint density at radius 2 is 2.22 bits per heavy atom. The molecule has 0 saturated heterocycles. The molecule has 1 atom stereocenters. The average Bonchev–Trinajstić information content (AvgIpc) is 2.70. The Hall–Kier alpha value is -2.37. The summed E-state index contributed by atoms with van der Waals surface area (Å²) < 4.78 is 1.52. The molecule has 1 unspecified atom stereocenters. The van der Waals surface area contributed by atoms with Crippen LogP contribution in [0.3, 0.4) is 0 Å². The summed E-state index contributed by atoms with van der Waals surface area (Å²) >= 11 is 0. The van der Waals surface area contributed by atoms with Gasteiger partial charge in [-0.2, -0.15) is 0 Å². The molecule has 6 heteroatoms. The molecule has 92 valence electrons. The zero-order valence-electron chi connectivity index (χ0n) is 9.71. The largest absolute Gasteiger partial charge is 0.367 e. The number of rotatable bonds is 1. The van der Waals surface area contributed by atoms with Gasteiger partial charge in [-0.25, -0.2) is 9.67 Å². The number of para-hydroxylation sites is 1. The van der Waals surface area contributed by atoms with E-state index in [4.69, 9.17) is 5.73 Å². The maximum absolute atomic E-state index is 12.1. The van der Waals surface area contributed by atoms with Gasteiger partial charge in [0.25, 0.3) is 0 Å². The quantitative estimate of drug-likeness (QED) is 0.782. The van der Waals surface area contributed by atoms with Gasteiger partial charge in [0.2, 0.25) is 11.9 Å². The van der Waals surface area contributed by atoms with E-state index in [0.29, 0.717) is 6.42 Å². The lowest BCUT2D eigenvalue weighted by atomic mass is 10.1. The molecule has 1 aromatic heterocycles. The van der Waals surface area contributed by atoms with Gasteiger partial charge in [-0.15, -0.1) is 5.10 Å². The third-order valence-corrected chi connectivity index (χ3v) is 3.11. The Kier molecular flexibility index (Phi) is 2.47. The molecule has 1 aliphatic rings. The number of nitrogen functional groups attached to an aromatic ring is 1. The Labute approximate surface area is 104 Å². The maximum atomic E-state index is 12.1. The van der Waals surface area contributed by atoms with Crippen LogP contribution in [0.4, 0.5) is 11.6 Å². The van der Waals surface area contributed by atoms with Crippen LogP contribution in [0.15, 0.2) is 30.6 Å². The van der Waals surface area contributed by atoms with Crippen molar-refractivity contribution >= 4 is 17.5 Å². The number of aryl methyl sites for hydroxylation is 1. The lowest BCUT2D eigenvalue weighted by molar-refractivity contribution is -0.119. The van der Waals surface area contributed by atoms with Gasteiger partial charge in [0.05, 0.1) is 0 Å². The van der Waals surface area contributed by atoms with Crippen molar-refractivity contribution in [3.8, 4) is 0 Å². The normalized spacial score (nSPS) is 18.9. The number of benzene rings is 1. The predicted molar refractivity (Wildman–Crippen MR) is 66.9 cm³/mol. The van der Waals surface area contributed by atoms with Gasteiger partial charge in [-0.3, -0.25) is 4.79 Å². The Morgan fingerprint density at radius 1 is 1.39 bits per heavy atom. The highest BCUT2D eigenvalue weighted by Gasteiger charge is 2.25. The van der Waals surface area contributed by atoms with Crippen LogP contribution < -0.4 is 11.1 Å². The fourth-order valence-corrected chi connectivity index (χ4v) is 2.19. The lowest BCUT2D eigenvalue weighted by Crippen LogP contribution is -2.25. The van der Waals surface area contributed by atoms with Crippen LogP contribution in [0, 0.1) is 0 Å². The molecular weight excluding hydrogens is 230 g/mol. The number of carbonyl (C=O) groups is 1. The summed E-state index contributed by atoms with van der Waals surface area (Å²) in [5.74, 6) is 0.106. The summed E-state index contributed by atoms with van der Waals surface area (Å²) in [5.41, 5.74) is 7.49. The molecule has 0 aliphatic carbocycles. The number of fused-ring (bicyclic) bond motifs is 1. The molecule has 2 heterocycles. The summed E-state index contributed by atoms with van der Waals surface area (Å²) in [6.45, 7) is 0. The number of anilines is 2. The van der Waals surface area contributed by atoms with Gasteiger partial charge in [-0.1, -0.05) is 18.2 Å². The number of nitrogens with one attached hydrogen (secondary N) is 1. The highest BCUT2D eigenvalue weighted by atomic mass is 16.2. The first-order chi connectivity index (χ1) is 8.74. The molecule has 2 aromatic rings. The molecule has 1 amide bonds. The van der Waals surface area contributed by atoms with Gasteiger partial charge in [0, 0.05) is 5.69 Å². The molecular formula is C12H13N5O. The number of carbonyl (C=O) groups excluding carboxylic acids is 1. The molecule has 6 nitrogen and oxygen atoms in total. The van der Waals surface area contributed by atoms with Crippen LogP contribution in [0.25, 0.3) is 0 Å². The first-order valence-electron chi connectivity index (χ1n) is 5.79. The van der Waals surface area contributed by atoms with E-state index in [1.807, 2.05) is 24.3 Å². The van der Waals surface area contributed by atoms with Crippen molar-refractivity contribution in [3.05, 3.63) is 36.2 Å². The highest BCUT2D eigenvalue weighted by molar-refractivity contribution is 5.95. The molecule has 3 N–H and O–H groups in total. The number of nitrogens with two attached hydrogens (primary N) is 1. The minimum Gasteiger partial charge on any atom is -0.367 e. The van der Waals surface area contributed by atoms with Gasteiger partial charge < -0.3 is 11.1 Å². The van der Waals surface area contributed by atoms with E-state index >= 15 is 0 Å². The van der Waals surface area contributed by atoms with E-state index in [1.165, 1.54) is 11.0 Å². The van der Waals surface area contributed by atoms with E-state index in [1.54, 1.807) is 0 Å². The summed E-state index contributed by atoms with van der Waals surface area (Å²) in [6.07, 6.45) is 3.00. The van der Waals surface area contributed by atoms with Crippen molar-refractivity contribution in [2.24, 2.45) is 0 Å². The lowest BCUT2D eigenvalue weighted by Gasteiger charge is -2.12. The zero-order chi connectivity index (χ0) is 12.5. The van der Waals surface area contributed by atoms with Gasteiger partial charge in [0.1, 0.15) is 12.4 Å². The summed E-state index contributed by atoms with van der Waals surface area (Å²) in [5, 5.41) is 6.92. The van der Waals surface area contributed by atoms with E-state index < -0.39 is 0 Å². The molecule has 0 spiro atoms. The second kappa shape index (κ2) is 4.14. The van der Waals surface area contributed by atoms with Crippen LogP contribution in [0.2, 0.25) is 0 Å². The van der Waals surface area contributed by atoms with Crippen LogP contribution >= 0.6 is 0 Å². The number of amides is 1. The standard InChI is InChI=1S/C12H13N5O/c13-12-14-7-17(16-12)10-6-5-8-3-1-2-4-9(8)15-11(10)18/h1-4,7,10H,5-6H2,(H2,13,16)(H,15,18). The topological polar surface area (TPSA) is 85.8 Å². The van der Waals surface area contributed by atoms with E-state index in [9.17, 15) is 4.79 Å². The molecule has 0 radical (unpaired) electrons. The Balaban J connectivity index is 1.91. The number of hydrogen-bond donors (Lipinski definition) is 2. The van der Waals surface area contributed by atoms with Crippen LogP contribution in [-0.4, -0.2) is 20.7 Å². The highest BCUT2D eigenvalue weighted by Crippen LogP contribution is 2.26. The Bertz CT molecular complexity index is 592. The molecule has 18 heavy (non-hydrogen) atoms. The fraction of sp³-hybridized carbons (Fsp3) is 0.250. The number of aromatic nitrogens is 3. The zero-order valence-corrected chi connectivity index (χ0v) is 9.71. The molecule has 0 fully saturated rings. The van der Waals surface area contributed by atoms with Crippen molar-refractivity contribution in [3.63, 3.8) is 0 Å². The average molecular weight is 243 g/mol. The monoisotopic (exact) mass is 243 g/mol. The molecule has 1 aliphatic heterocycles. The van der Waals surface area contributed by atoms with Crippen molar-refractivity contribution in [2.45, 2.75) is 18.9 Å². The summed E-state index contributed by atoms with van der Waals surface area (Å²) in [6, 6.07) is 7.45. The number of nitrogens with zero attached hydrogens (tertiary/aromatic N) is 3. The van der Waals surface area contributed by atoms with E-state index in [-0.39, 0.29) is 17.9 Å². The van der Waals surface area contributed by atoms with Crippen molar-refractivity contribution < 1.29 is 4.79 Å². The number of hydrogen-bond acceptors (Lipinski definition) is 4. The second-order valence-electron chi connectivity index (χ2n) is 4.28. The first-order valence-corrected chi connectivity index (χ1v) is 5.79. The molecule has 3 rings (SSSR count). The van der Waals surface area contributed by atoms with Gasteiger partial charge in [0.15, 0.2) is 0 Å². The van der Waals surface area contributed by atoms with Crippen LogP contribution in [0.5, 0.6) is 0 Å². The first kappa shape index (κ1) is 10.8. The van der Waals surface area contributed by atoms with Crippen molar-refractivity contribution in [1.29, 1.82) is 0 Å². The second-order valence-corrected chi connectivity index (χ2v) is 4.28. The van der Waals surface area contributed by atoms with Gasteiger partial charge in [-0.05, 0) is 24.5 Å². The van der Waals surface area contributed by atoms with Crippen LogP contribution in [-0.2, 0) is 11.2 Å². The molecule has 0 bridgehead atoms. The molecule has 1 aromatic carbocycles. The summed E-state index contributed by atoms with van der Waals surface area (Å²) in [7, 11) is 0.